The van der Waals surface area contributed by atoms with Crippen molar-refractivity contribution in [2.45, 2.75) is 57.9 Å². The first-order valence-electron chi connectivity index (χ1n) is 10.0. The molecule has 0 spiro atoms. The van der Waals surface area contributed by atoms with E-state index >= 15 is 0 Å². The molecule has 3 heteroatoms. The Labute approximate surface area is 150 Å². The second-order valence-corrected chi connectivity index (χ2v) is 8.52. The lowest BCUT2D eigenvalue weighted by atomic mass is 9.83. The molecule has 3 nitrogen and oxygen atoms in total. The van der Waals surface area contributed by atoms with Gasteiger partial charge in [0, 0.05) is 30.3 Å². The molecule has 2 aromatic rings. The molecule has 0 aliphatic heterocycles. The Kier molecular flexibility index (Phi) is 3.93. The first-order valence-corrected chi connectivity index (χ1v) is 10.0. The standard InChI is InChI=1S/C22H28N2O/c1-15-12-23-25-22(15)20-4-2-3-18-9-10-19(11-21(18)20)24(13-16-5-6-16)14-17-7-8-17/h2-4,12,16-17,19H,5-11,13-14H2,1H3. The van der Waals surface area contributed by atoms with E-state index in [9.17, 15) is 0 Å². The second kappa shape index (κ2) is 6.28. The Balaban J connectivity index is 1.43. The highest BCUT2D eigenvalue weighted by atomic mass is 16.5. The molecule has 0 saturated heterocycles. The summed E-state index contributed by atoms with van der Waals surface area (Å²) in [5.74, 6) is 2.92. The van der Waals surface area contributed by atoms with Crippen LogP contribution in [0.3, 0.4) is 0 Å². The molecule has 0 amide bonds. The van der Waals surface area contributed by atoms with Crippen LogP contribution in [0.4, 0.5) is 0 Å². The van der Waals surface area contributed by atoms with Crippen LogP contribution in [0.15, 0.2) is 28.9 Å². The molecule has 3 aliphatic carbocycles. The Bertz CT molecular complexity index is 743. The van der Waals surface area contributed by atoms with Crippen molar-refractivity contribution in [2.75, 3.05) is 13.1 Å². The fourth-order valence-corrected chi connectivity index (χ4v) is 4.48. The number of nitrogens with zero attached hydrogens (tertiary/aromatic N) is 2. The van der Waals surface area contributed by atoms with Crippen LogP contribution in [0.25, 0.3) is 11.3 Å². The summed E-state index contributed by atoms with van der Waals surface area (Å²) in [5, 5.41) is 4.01. The van der Waals surface area contributed by atoms with E-state index in [-0.39, 0.29) is 0 Å². The molecule has 1 aromatic carbocycles. The van der Waals surface area contributed by atoms with Gasteiger partial charge in [-0.25, -0.2) is 0 Å². The number of hydrogen-bond donors (Lipinski definition) is 0. The number of rotatable bonds is 6. The minimum atomic E-state index is 0.707. The average Bonchev–Trinajstić information content (AvgIpc) is 3.55. The molecule has 2 saturated carbocycles. The molecule has 2 fully saturated rings. The Hall–Kier alpha value is -1.61. The van der Waals surface area contributed by atoms with E-state index in [1.807, 2.05) is 6.20 Å². The van der Waals surface area contributed by atoms with Crippen LogP contribution < -0.4 is 0 Å². The number of aryl methyl sites for hydroxylation is 2. The quantitative estimate of drug-likeness (QED) is 0.770. The van der Waals surface area contributed by atoms with Gasteiger partial charge in [0.2, 0.25) is 0 Å². The lowest BCUT2D eigenvalue weighted by molar-refractivity contribution is 0.165. The van der Waals surface area contributed by atoms with Crippen LogP contribution >= 0.6 is 0 Å². The van der Waals surface area contributed by atoms with Crippen molar-refractivity contribution in [3.05, 3.63) is 41.1 Å². The summed E-state index contributed by atoms with van der Waals surface area (Å²) >= 11 is 0. The second-order valence-electron chi connectivity index (χ2n) is 8.52. The zero-order valence-electron chi connectivity index (χ0n) is 15.2. The molecule has 25 heavy (non-hydrogen) atoms. The summed E-state index contributed by atoms with van der Waals surface area (Å²) in [6.45, 7) is 4.76. The molecular weight excluding hydrogens is 308 g/mol. The lowest BCUT2D eigenvalue weighted by Crippen LogP contribution is -2.42. The van der Waals surface area contributed by atoms with Crippen LogP contribution in [0.1, 0.15) is 48.8 Å². The third-order valence-corrected chi connectivity index (χ3v) is 6.35. The summed E-state index contributed by atoms with van der Waals surface area (Å²) in [6.07, 6.45) is 11.3. The van der Waals surface area contributed by atoms with Gasteiger partial charge in [0.15, 0.2) is 5.76 Å². The number of hydrogen-bond acceptors (Lipinski definition) is 3. The maximum atomic E-state index is 5.60. The number of benzene rings is 1. The Morgan fingerprint density at radius 2 is 1.84 bits per heavy atom. The van der Waals surface area contributed by atoms with Gasteiger partial charge in [-0.3, -0.25) is 4.90 Å². The summed E-state index contributed by atoms with van der Waals surface area (Å²) in [4.78, 5) is 2.85. The highest BCUT2D eigenvalue weighted by Gasteiger charge is 2.34. The van der Waals surface area contributed by atoms with Crippen molar-refractivity contribution in [2.24, 2.45) is 11.8 Å². The van der Waals surface area contributed by atoms with Crippen molar-refractivity contribution >= 4 is 0 Å². The average molecular weight is 336 g/mol. The van der Waals surface area contributed by atoms with Gasteiger partial charge in [0.25, 0.3) is 0 Å². The number of fused-ring (bicyclic) bond motifs is 1. The van der Waals surface area contributed by atoms with E-state index in [0.717, 1.165) is 23.2 Å². The smallest absolute Gasteiger partial charge is 0.170 e. The van der Waals surface area contributed by atoms with Crippen LogP contribution in [-0.2, 0) is 12.8 Å². The molecular formula is C22H28N2O. The predicted octanol–water partition coefficient (Wildman–Crippen LogP) is 4.63. The van der Waals surface area contributed by atoms with Gasteiger partial charge in [-0.05, 0) is 74.8 Å². The van der Waals surface area contributed by atoms with Gasteiger partial charge < -0.3 is 4.52 Å². The van der Waals surface area contributed by atoms with Crippen molar-refractivity contribution in [1.29, 1.82) is 0 Å². The van der Waals surface area contributed by atoms with E-state index in [0.29, 0.717) is 6.04 Å². The molecule has 132 valence electrons. The number of aromatic nitrogens is 1. The highest BCUT2D eigenvalue weighted by molar-refractivity contribution is 5.67. The van der Waals surface area contributed by atoms with E-state index < -0.39 is 0 Å². The summed E-state index contributed by atoms with van der Waals surface area (Å²) < 4.78 is 5.60. The topological polar surface area (TPSA) is 29.3 Å². The van der Waals surface area contributed by atoms with Crippen molar-refractivity contribution in [3.8, 4) is 11.3 Å². The molecule has 1 atom stereocenters. The van der Waals surface area contributed by atoms with Gasteiger partial charge in [-0.15, -0.1) is 0 Å². The monoisotopic (exact) mass is 336 g/mol. The van der Waals surface area contributed by atoms with Crippen LogP contribution in [0, 0.1) is 18.8 Å². The van der Waals surface area contributed by atoms with Crippen LogP contribution in [0.2, 0.25) is 0 Å². The van der Waals surface area contributed by atoms with Crippen molar-refractivity contribution in [3.63, 3.8) is 0 Å². The fourth-order valence-electron chi connectivity index (χ4n) is 4.48. The third kappa shape index (κ3) is 3.27. The van der Waals surface area contributed by atoms with Crippen LogP contribution in [-0.4, -0.2) is 29.2 Å². The third-order valence-electron chi connectivity index (χ3n) is 6.35. The van der Waals surface area contributed by atoms with E-state index in [4.69, 9.17) is 4.52 Å². The minimum Gasteiger partial charge on any atom is -0.356 e. The molecule has 0 N–H and O–H groups in total. The zero-order chi connectivity index (χ0) is 16.8. The molecule has 1 aromatic heterocycles. The summed E-state index contributed by atoms with van der Waals surface area (Å²) in [6, 6.07) is 7.43. The predicted molar refractivity (Wildman–Crippen MR) is 99.5 cm³/mol. The summed E-state index contributed by atoms with van der Waals surface area (Å²) in [5.41, 5.74) is 5.44. The van der Waals surface area contributed by atoms with Gasteiger partial charge in [0.1, 0.15) is 0 Å². The Morgan fingerprint density at radius 1 is 1.08 bits per heavy atom. The van der Waals surface area contributed by atoms with Crippen LogP contribution in [0.5, 0.6) is 0 Å². The zero-order valence-corrected chi connectivity index (χ0v) is 15.2. The lowest BCUT2D eigenvalue weighted by Gasteiger charge is -2.36. The first kappa shape index (κ1) is 15.6. The normalized spacial score (nSPS) is 23.0. The van der Waals surface area contributed by atoms with E-state index in [1.165, 1.54) is 74.7 Å². The van der Waals surface area contributed by atoms with Crippen molar-refractivity contribution in [1.82, 2.24) is 10.1 Å². The molecule has 0 radical (unpaired) electrons. The molecule has 1 heterocycles. The Morgan fingerprint density at radius 3 is 2.48 bits per heavy atom. The molecule has 5 rings (SSSR count). The largest absolute Gasteiger partial charge is 0.356 e. The maximum Gasteiger partial charge on any atom is 0.170 e. The highest BCUT2D eigenvalue weighted by Crippen LogP contribution is 2.38. The molecule has 1 unspecified atom stereocenters. The maximum absolute atomic E-state index is 5.60. The van der Waals surface area contributed by atoms with Gasteiger partial charge in [-0.1, -0.05) is 23.4 Å². The molecule has 3 aliphatic rings. The summed E-state index contributed by atoms with van der Waals surface area (Å²) in [7, 11) is 0. The minimum absolute atomic E-state index is 0.707. The van der Waals surface area contributed by atoms with E-state index in [2.05, 4.69) is 35.2 Å². The van der Waals surface area contributed by atoms with E-state index in [1.54, 1.807) is 0 Å². The fraction of sp³-hybridized carbons (Fsp3) is 0.591. The molecule has 0 bridgehead atoms. The SMILES string of the molecule is Cc1cnoc1-c1cccc2c1CC(N(CC1CC1)CC1CC1)CC2. The van der Waals surface area contributed by atoms with Gasteiger partial charge in [-0.2, -0.15) is 0 Å². The van der Waals surface area contributed by atoms with Crippen molar-refractivity contribution < 1.29 is 4.52 Å². The van der Waals surface area contributed by atoms with Gasteiger partial charge >= 0.3 is 0 Å². The van der Waals surface area contributed by atoms with Gasteiger partial charge in [0.05, 0.1) is 6.20 Å². The first-order chi connectivity index (χ1) is 12.3.